The Kier molecular flexibility index (Phi) is 7.29. The summed E-state index contributed by atoms with van der Waals surface area (Å²) in [5, 5.41) is 4.75. The van der Waals surface area contributed by atoms with Crippen LogP contribution in [-0.2, 0) is 22.6 Å². The number of morpholine rings is 1. The average molecular weight is 491 g/mol. The standard InChI is InChI=1S/C23H28F2N6O4/c1-4-26-22(32)28-18-9-16(24)14(8-17(18)25)20-27-19-11-30(23(33)35-5-2)10-15(19)21(29-20)31-6-7-34-12-13(31)3/h8-9,13H,4-7,10-12H2,1-3H3,(H2,26,28,32). The number of halogens is 2. The van der Waals surface area contributed by atoms with Crippen LogP contribution >= 0.6 is 0 Å². The normalized spacial score (nSPS) is 17.2. The van der Waals surface area contributed by atoms with Crippen LogP contribution in [0.1, 0.15) is 32.0 Å². The zero-order valence-corrected chi connectivity index (χ0v) is 19.9. The lowest BCUT2D eigenvalue weighted by Crippen LogP contribution is -2.44. The van der Waals surface area contributed by atoms with Gasteiger partial charge in [0.2, 0.25) is 0 Å². The third-order valence-electron chi connectivity index (χ3n) is 5.81. The summed E-state index contributed by atoms with van der Waals surface area (Å²) in [5.74, 6) is -1.08. The lowest BCUT2D eigenvalue weighted by atomic mass is 10.1. The first-order valence-corrected chi connectivity index (χ1v) is 11.5. The van der Waals surface area contributed by atoms with Gasteiger partial charge in [-0.2, -0.15) is 0 Å². The van der Waals surface area contributed by atoms with E-state index >= 15 is 4.39 Å². The number of hydrogen-bond donors (Lipinski definition) is 2. The summed E-state index contributed by atoms with van der Waals surface area (Å²) in [6, 6.07) is 1.20. The summed E-state index contributed by atoms with van der Waals surface area (Å²) >= 11 is 0. The Bertz CT molecular complexity index is 1130. The summed E-state index contributed by atoms with van der Waals surface area (Å²) in [6.45, 7) is 7.92. The molecule has 1 fully saturated rings. The molecule has 12 heteroatoms. The largest absolute Gasteiger partial charge is 0.450 e. The van der Waals surface area contributed by atoms with Crippen LogP contribution < -0.4 is 15.5 Å². The number of ether oxygens (including phenoxy) is 2. The van der Waals surface area contributed by atoms with Crippen molar-refractivity contribution in [2.75, 3.05) is 43.1 Å². The monoisotopic (exact) mass is 490 g/mol. The molecule has 2 aliphatic rings. The first kappa shape index (κ1) is 24.6. The topological polar surface area (TPSA) is 109 Å². The van der Waals surface area contributed by atoms with Gasteiger partial charge in [-0.25, -0.2) is 28.3 Å². The molecule has 1 aromatic heterocycles. The fraction of sp³-hybridized carbons (Fsp3) is 0.478. The molecule has 2 aromatic rings. The van der Waals surface area contributed by atoms with Gasteiger partial charge in [-0.1, -0.05) is 0 Å². The number of fused-ring (bicyclic) bond motifs is 1. The molecular formula is C23H28F2N6O4. The minimum Gasteiger partial charge on any atom is -0.450 e. The van der Waals surface area contributed by atoms with Crippen LogP contribution in [0.3, 0.4) is 0 Å². The van der Waals surface area contributed by atoms with E-state index in [9.17, 15) is 14.0 Å². The molecule has 3 amide bonds. The van der Waals surface area contributed by atoms with E-state index < -0.39 is 23.8 Å². The molecule has 1 aromatic carbocycles. The molecule has 3 heterocycles. The van der Waals surface area contributed by atoms with Crippen molar-refractivity contribution < 1.29 is 27.8 Å². The SMILES string of the molecule is CCNC(=O)Nc1cc(F)c(-c2nc3c(c(N4CCOCC4C)n2)CN(C(=O)OCC)C3)cc1F. The molecule has 2 aliphatic heterocycles. The molecule has 0 saturated carbocycles. The third kappa shape index (κ3) is 5.11. The van der Waals surface area contributed by atoms with E-state index in [2.05, 4.69) is 20.6 Å². The number of carbonyl (C=O) groups excluding carboxylic acids is 2. The van der Waals surface area contributed by atoms with Gasteiger partial charge in [0.15, 0.2) is 5.82 Å². The number of aromatic nitrogens is 2. The van der Waals surface area contributed by atoms with E-state index in [1.807, 2.05) is 11.8 Å². The Balaban J connectivity index is 1.75. The van der Waals surface area contributed by atoms with Crippen LogP contribution in [0.5, 0.6) is 0 Å². The lowest BCUT2D eigenvalue weighted by molar-refractivity contribution is 0.0980. The van der Waals surface area contributed by atoms with Crippen LogP contribution in [0.4, 0.5) is 29.9 Å². The molecule has 0 spiro atoms. The highest BCUT2D eigenvalue weighted by molar-refractivity contribution is 5.89. The molecule has 188 valence electrons. The molecule has 0 aliphatic carbocycles. The van der Waals surface area contributed by atoms with Gasteiger partial charge in [0.05, 0.1) is 55.9 Å². The summed E-state index contributed by atoms with van der Waals surface area (Å²) < 4.78 is 40.6. The zero-order chi connectivity index (χ0) is 25.1. The second-order valence-corrected chi connectivity index (χ2v) is 8.26. The summed E-state index contributed by atoms with van der Waals surface area (Å²) in [4.78, 5) is 36.8. The Morgan fingerprint density at radius 2 is 2.00 bits per heavy atom. The van der Waals surface area contributed by atoms with E-state index in [-0.39, 0.29) is 42.8 Å². The van der Waals surface area contributed by atoms with Crippen LogP contribution in [0.15, 0.2) is 12.1 Å². The van der Waals surface area contributed by atoms with Crippen molar-refractivity contribution in [1.29, 1.82) is 0 Å². The highest BCUT2D eigenvalue weighted by Gasteiger charge is 2.33. The van der Waals surface area contributed by atoms with E-state index in [4.69, 9.17) is 9.47 Å². The minimum absolute atomic E-state index is 0.0101. The number of carbonyl (C=O) groups is 2. The maximum Gasteiger partial charge on any atom is 0.410 e. The van der Waals surface area contributed by atoms with Crippen molar-refractivity contribution in [3.8, 4) is 11.4 Å². The highest BCUT2D eigenvalue weighted by atomic mass is 19.1. The van der Waals surface area contributed by atoms with Crippen LogP contribution in [0.25, 0.3) is 11.4 Å². The molecular weight excluding hydrogens is 462 g/mol. The fourth-order valence-electron chi connectivity index (χ4n) is 4.12. The molecule has 10 nitrogen and oxygen atoms in total. The Hall–Kier alpha value is -3.54. The predicted octanol–water partition coefficient (Wildman–Crippen LogP) is 3.26. The van der Waals surface area contributed by atoms with E-state index in [0.717, 1.165) is 17.7 Å². The minimum atomic E-state index is -0.828. The zero-order valence-electron chi connectivity index (χ0n) is 19.9. The van der Waals surface area contributed by atoms with Gasteiger partial charge in [-0.3, -0.25) is 4.90 Å². The van der Waals surface area contributed by atoms with Crippen molar-refractivity contribution in [3.63, 3.8) is 0 Å². The number of benzene rings is 1. The van der Waals surface area contributed by atoms with Crippen molar-refractivity contribution in [2.24, 2.45) is 0 Å². The second-order valence-electron chi connectivity index (χ2n) is 8.26. The van der Waals surface area contributed by atoms with Crippen LogP contribution in [0.2, 0.25) is 0 Å². The lowest BCUT2D eigenvalue weighted by Gasteiger charge is -2.35. The third-order valence-corrected chi connectivity index (χ3v) is 5.81. The summed E-state index contributed by atoms with van der Waals surface area (Å²) in [7, 11) is 0. The quantitative estimate of drug-likeness (QED) is 0.662. The Morgan fingerprint density at radius 3 is 2.71 bits per heavy atom. The van der Waals surface area contributed by atoms with Crippen molar-refractivity contribution in [1.82, 2.24) is 20.2 Å². The maximum atomic E-state index is 15.1. The highest BCUT2D eigenvalue weighted by Crippen LogP contribution is 2.35. The van der Waals surface area contributed by atoms with Gasteiger partial charge in [0, 0.05) is 24.7 Å². The van der Waals surface area contributed by atoms with Crippen molar-refractivity contribution in [2.45, 2.75) is 39.9 Å². The molecule has 2 N–H and O–H groups in total. The number of rotatable bonds is 5. The van der Waals surface area contributed by atoms with E-state index in [1.54, 1.807) is 13.8 Å². The first-order chi connectivity index (χ1) is 16.8. The molecule has 1 saturated heterocycles. The smallest absolute Gasteiger partial charge is 0.410 e. The van der Waals surface area contributed by atoms with E-state index in [0.29, 0.717) is 37.8 Å². The maximum absolute atomic E-state index is 15.1. The number of nitrogens with one attached hydrogen (secondary N) is 2. The predicted molar refractivity (Wildman–Crippen MR) is 124 cm³/mol. The summed E-state index contributed by atoms with van der Waals surface area (Å²) in [6.07, 6.45) is -0.481. The molecule has 35 heavy (non-hydrogen) atoms. The van der Waals surface area contributed by atoms with Crippen LogP contribution in [-0.4, -0.2) is 65.9 Å². The van der Waals surface area contributed by atoms with Crippen LogP contribution in [0, 0.1) is 11.6 Å². The van der Waals surface area contributed by atoms with E-state index in [1.165, 1.54) is 4.90 Å². The van der Waals surface area contributed by atoms with Gasteiger partial charge in [-0.05, 0) is 26.8 Å². The van der Waals surface area contributed by atoms with Crippen molar-refractivity contribution in [3.05, 3.63) is 35.0 Å². The number of hydrogen-bond acceptors (Lipinski definition) is 7. The van der Waals surface area contributed by atoms with Crippen molar-refractivity contribution >= 4 is 23.6 Å². The van der Waals surface area contributed by atoms with Gasteiger partial charge in [0.1, 0.15) is 17.5 Å². The molecule has 4 rings (SSSR count). The van der Waals surface area contributed by atoms with Gasteiger partial charge in [-0.15, -0.1) is 0 Å². The second kappa shape index (κ2) is 10.4. The number of anilines is 2. The van der Waals surface area contributed by atoms with Gasteiger partial charge >= 0.3 is 12.1 Å². The molecule has 0 bridgehead atoms. The molecule has 1 unspecified atom stereocenters. The van der Waals surface area contributed by atoms with Gasteiger partial charge in [0.25, 0.3) is 0 Å². The fourth-order valence-corrected chi connectivity index (χ4v) is 4.12. The first-order valence-electron chi connectivity index (χ1n) is 11.5. The molecule has 1 atom stereocenters. The number of urea groups is 1. The summed E-state index contributed by atoms with van der Waals surface area (Å²) in [5.41, 5.74) is 0.837. The Labute approximate surface area is 201 Å². The molecule has 0 radical (unpaired) electrons. The number of amides is 3. The number of nitrogens with zero attached hydrogens (tertiary/aromatic N) is 4. The van der Waals surface area contributed by atoms with Gasteiger partial charge < -0.3 is 25.0 Å². The average Bonchev–Trinajstić information content (AvgIpc) is 3.26. The Morgan fingerprint density at radius 1 is 1.20 bits per heavy atom.